The highest BCUT2D eigenvalue weighted by Gasteiger charge is 2.16. The molecular weight excluding hydrogens is 186 g/mol. The molecule has 0 saturated heterocycles. The van der Waals surface area contributed by atoms with Gasteiger partial charge in [0.15, 0.2) is 0 Å². The Hall–Kier alpha value is -1.02. The molecule has 1 aliphatic rings. The quantitative estimate of drug-likeness (QED) is 0.823. The van der Waals surface area contributed by atoms with Crippen molar-refractivity contribution in [2.45, 2.75) is 44.8 Å². The largest absolute Gasteiger partial charge is 0.490 e. The minimum atomic E-state index is 0.102. The summed E-state index contributed by atoms with van der Waals surface area (Å²) >= 11 is 0. The fourth-order valence-electron chi connectivity index (χ4n) is 2.05. The fourth-order valence-corrected chi connectivity index (χ4v) is 2.05. The summed E-state index contributed by atoms with van der Waals surface area (Å²) in [5, 5.41) is 0. The zero-order valence-corrected chi connectivity index (χ0v) is 9.28. The molecule has 2 rings (SSSR count). The maximum Gasteiger partial charge on any atom is 0.119 e. The number of hydrogen-bond acceptors (Lipinski definition) is 2. The minimum Gasteiger partial charge on any atom is -0.490 e. The van der Waals surface area contributed by atoms with Crippen LogP contribution in [0.1, 0.15) is 44.2 Å². The van der Waals surface area contributed by atoms with Crippen LogP contribution in [0, 0.1) is 0 Å². The Morgan fingerprint density at radius 1 is 1.20 bits per heavy atom. The first-order chi connectivity index (χ1) is 7.25. The molecule has 2 N–H and O–H groups in total. The number of nitrogens with two attached hydrogens (primary N) is 1. The van der Waals surface area contributed by atoms with Gasteiger partial charge in [-0.05, 0) is 50.3 Å². The summed E-state index contributed by atoms with van der Waals surface area (Å²) in [5.41, 5.74) is 6.95. The lowest BCUT2D eigenvalue weighted by Gasteiger charge is -2.13. The van der Waals surface area contributed by atoms with Crippen molar-refractivity contribution in [1.29, 1.82) is 0 Å². The van der Waals surface area contributed by atoms with Gasteiger partial charge < -0.3 is 10.5 Å². The van der Waals surface area contributed by atoms with Gasteiger partial charge in [-0.1, -0.05) is 12.1 Å². The van der Waals surface area contributed by atoms with Crippen LogP contribution in [0.5, 0.6) is 5.75 Å². The Morgan fingerprint density at radius 2 is 1.80 bits per heavy atom. The maximum atomic E-state index is 5.87. The SMILES string of the molecule is C[C@H](N)c1ccc(OC2CCCC2)cc1. The first kappa shape index (κ1) is 10.5. The van der Waals surface area contributed by atoms with Crippen LogP contribution < -0.4 is 10.5 Å². The summed E-state index contributed by atoms with van der Waals surface area (Å²) in [7, 11) is 0. The molecule has 1 saturated carbocycles. The molecule has 2 heteroatoms. The molecule has 15 heavy (non-hydrogen) atoms. The number of rotatable bonds is 3. The van der Waals surface area contributed by atoms with Gasteiger partial charge in [0, 0.05) is 6.04 Å². The summed E-state index contributed by atoms with van der Waals surface area (Å²) in [4.78, 5) is 0. The molecule has 0 spiro atoms. The van der Waals surface area contributed by atoms with Crippen molar-refractivity contribution in [3.63, 3.8) is 0 Å². The van der Waals surface area contributed by atoms with Crippen molar-refractivity contribution in [2.24, 2.45) is 5.73 Å². The van der Waals surface area contributed by atoms with Gasteiger partial charge in [-0.3, -0.25) is 0 Å². The second kappa shape index (κ2) is 4.67. The van der Waals surface area contributed by atoms with Crippen molar-refractivity contribution in [1.82, 2.24) is 0 Å². The highest BCUT2D eigenvalue weighted by molar-refractivity contribution is 5.28. The predicted octanol–water partition coefficient (Wildman–Crippen LogP) is 3.03. The van der Waals surface area contributed by atoms with Gasteiger partial charge in [-0.25, -0.2) is 0 Å². The van der Waals surface area contributed by atoms with Crippen molar-refractivity contribution in [3.05, 3.63) is 29.8 Å². The van der Waals surface area contributed by atoms with E-state index >= 15 is 0 Å². The van der Waals surface area contributed by atoms with Gasteiger partial charge in [0.05, 0.1) is 6.10 Å². The molecule has 0 unspecified atom stereocenters. The third kappa shape index (κ3) is 2.72. The van der Waals surface area contributed by atoms with E-state index in [2.05, 4.69) is 12.1 Å². The lowest BCUT2D eigenvalue weighted by molar-refractivity contribution is 0.210. The van der Waals surface area contributed by atoms with E-state index in [9.17, 15) is 0 Å². The third-order valence-electron chi connectivity index (χ3n) is 3.01. The minimum absolute atomic E-state index is 0.102. The molecule has 1 atom stereocenters. The average Bonchev–Trinajstić information content (AvgIpc) is 2.71. The molecule has 82 valence electrons. The van der Waals surface area contributed by atoms with Crippen LogP contribution in [0.25, 0.3) is 0 Å². The lowest BCUT2D eigenvalue weighted by Crippen LogP contribution is -2.11. The summed E-state index contributed by atoms with van der Waals surface area (Å²) < 4.78 is 5.87. The van der Waals surface area contributed by atoms with Crippen molar-refractivity contribution in [2.75, 3.05) is 0 Å². The Morgan fingerprint density at radius 3 is 2.33 bits per heavy atom. The zero-order valence-electron chi connectivity index (χ0n) is 9.28. The zero-order chi connectivity index (χ0) is 10.7. The van der Waals surface area contributed by atoms with Crippen LogP contribution >= 0.6 is 0 Å². The van der Waals surface area contributed by atoms with Gasteiger partial charge in [0.25, 0.3) is 0 Å². The average molecular weight is 205 g/mol. The second-order valence-corrected chi connectivity index (χ2v) is 4.38. The molecule has 2 nitrogen and oxygen atoms in total. The lowest BCUT2D eigenvalue weighted by atomic mass is 10.1. The smallest absolute Gasteiger partial charge is 0.119 e. The van der Waals surface area contributed by atoms with E-state index < -0.39 is 0 Å². The maximum absolute atomic E-state index is 5.87. The standard InChI is InChI=1S/C13H19NO/c1-10(14)11-6-8-13(9-7-11)15-12-4-2-3-5-12/h6-10,12H,2-5,14H2,1H3/t10-/m0/s1. The van der Waals surface area contributed by atoms with Crippen molar-refractivity contribution < 1.29 is 4.74 Å². The van der Waals surface area contributed by atoms with E-state index in [4.69, 9.17) is 10.5 Å². The van der Waals surface area contributed by atoms with Crippen LogP contribution in [0.2, 0.25) is 0 Å². The molecular formula is C13H19NO. The van der Waals surface area contributed by atoms with E-state index in [0.29, 0.717) is 6.10 Å². The Kier molecular flexibility index (Phi) is 3.27. The Labute approximate surface area is 91.4 Å². The van der Waals surface area contributed by atoms with Gasteiger partial charge >= 0.3 is 0 Å². The van der Waals surface area contributed by atoms with Gasteiger partial charge in [-0.15, -0.1) is 0 Å². The summed E-state index contributed by atoms with van der Waals surface area (Å²) in [6.45, 7) is 1.99. The fraction of sp³-hybridized carbons (Fsp3) is 0.538. The molecule has 0 heterocycles. The Bertz CT molecular complexity index is 299. The number of hydrogen-bond donors (Lipinski definition) is 1. The molecule has 1 aliphatic carbocycles. The summed E-state index contributed by atoms with van der Waals surface area (Å²) in [6.07, 6.45) is 5.46. The van der Waals surface area contributed by atoms with Crippen LogP contribution in [0.3, 0.4) is 0 Å². The van der Waals surface area contributed by atoms with Crippen molar-refractivity contribution >= 4 is 0 Å². The molecule has 0 bridgehead atoms. The van der Waals surface area contributed by atoms with Gasteiger partial charge in [-0.2, -0.15) is 0 Å². The first-order valence-electron chi connectivity index (χ1n) is 5.78. The van der Waals surface area contributed by atoms with E-state index in [1.807, 2.05) is 19.1 Å². The number of benzene rings is 1. The summed E-state index contributed by atoms with van der Waals surface area (Å²) in [5.74, 6) is 0.978. The molecule has 0 aromatic heterocycles. The highest BCUT2D eigenvalue weighted by atomic mass is 16.5. The molecule has 0 amide bonds. The first-order valence-corrected chi connectivity index (χ1v) is 5.78. The van der Waals surface area contributed by atoms with E-state index in [-0.39, 0.29) is 6.04 Å². The van der Waals surface area contributed by atoms with E-state index in [1.54, 1.807) is 0 Å². The molecule has 0 aliphatic heterocycles. The molecule has 0 radical (unpaired) electrons. The predicted molar refractivity (Wildman–Crippen MR) is 61.9 cm³/mol. The van der Waals surface area contributed by atoms with Gasteiger partial charge in [0.2, 0.25) is 0 Å². The van der Waals surface area contributed by atoms with Crippen LogP contribution in [0.15, 0.2) is 24.3 Å². The molecule has 1 fully saturated rings. The topological polar surface area (TPSA) is 35.2 Å². The molecule has 1 aromatic carbocycles. The number of ether oxygens (including phenoxy) is 1. The Balaban J connectivity index is 1.97. The molecule has 1 aromatic rings. The highest BCUT2D eigenvalue weighted by Crippen LogP contribution is 2.24. The normalized spacial score (nSPS) is 19.1. The van der Waals surface area contributed by atoms with Crippen LogP contribution in [-0.2, 0) is 0 Å². The van der Waals surface area contributed by atoms with Crippen LogP contribution in [0.4, 0.5) is 0 Å². The van der Waals surface area contributed by atoms with E-state index in [1.165, 1.54) is 25.7 Å². The van der Waals surface area contributed by atoms with E-state index in [0.717, 1.165) is 11.3 Å². The monoisotopic (exact) mass is 205 g/mol. The van der Waals surface area contributed by atoms with Crippen molar-refractivity contribution in [3.8, 4) is 5.75 Å². The second-order valence-electron chi connectivity index (χ2n) is 4.38. The summed E-state index contributed by atoms with van der Waals surface area (Å²) in [6, 6.07) is 8.25. The van der Waals surface area contributed by atoms with Gasteiger partial charge in [0.1, 0.15) is 5.75 Å². The van der Waals surface area contributed by atoms with Crippen LogP contribution in [-0.4, -0.2) is 6.10 Å². The third-order valence-corrected chi connectivity index (χ3v) is 3.01.